The van der Waals surface area contributed by atoms with Gasteiger partial charge in [0.2, 0.25) is 0 Å². The number of carbonyl (C=O) groups is 1. The molecule has 1 aliphatic rings. The van der Waals surface area contributed by atoms with Crippen LogP contribution in [-0.4, -0.2) is 47.0 Å². The minimum atomic E-state index is -0.133. The number of carbonyl (C=O) groups excluding carboxylic acids is 1. The van der Waals surface area contributed by atoms with Crippen molar-refractivity contribution in [1.82, 2.24) is 20.0 Å². The molecule has 1 unspecified atom stereocenters. The Bertz CT molecular complexity index is 709. The molecule has 0 aliphatic carbocycles. The van der Waals surface area contributed by atoms with E-state index < -0.39 is 0 Å². The van der Waals surface area contributed by atoms with Crippen LogP contribution in [0.3, 0.4) is 0 Å². The molecule has 1 N–H and O–H groups in total. The summed E-state index contributed by atoms with van der Waals surface area (Å²) in [6.07, 6.45) is 2.23. The van der Waals surface area contributed by atoms with Crippen molar-refractivity contribution in [1.29, 1.82) is 0 Å². The largest absolute Gasteiger partial charge is 0.376 e. The Hall–Kier alpha value is -1.79. The van der Waals surface area contributed by atoms with Crippen LogP contribution in [0.25, 0.3) is 10.9 Å². The van der Waals surface area contributed by atoms with Crippen molar-refractivity contribution in [2.24, 2.45) is 7.05 Å². The Morgan fingerprint density at radius 2 is 2.39 bits per heavy atom. The van der Waals surface area contributed by atoms with E-state index >= 15 is 0 Å². The standard InChI is InChI=1S/C16H21ClN4O2/c1-20(10-11-5-4-8-23-11)16(22)18-9-13-15-12(17)6-3-7-14(15)21(2)19-13/h3,6-7,11H,4-5,8-10H2,1-2H3,(H,18,22). The number of fused-ring (bicyclic) bond motifs is 1. The summed E-state index contributed by atoms with van der Waals surface area (Å²) in [5.74, 6) is 0. The third-order valence-electron chi connectivity index (χ3n) is 4.15. The van der Waals surface area contributed by atoms with Gasteiger partial charge in [0.25, 0.3) is 0 Å². The number of nitrogens with zero attached hydrogens (tertiary/aromatic N) is 3. The third kappa shape index (κ3) is 3.43. The average molecular weight is 337 g/mol. The zero-order valence-electron chi connectivity index (χ0n) is 13.4. The fourth-order valence-electron chi connectivity index (χ4n) is 2.95. The van der Waals surface area contributed by atoms with E-state index in [0.29, 0.717) is 18.1 Å². The van der Waals surface area contributed by atoms with Crippen LogP contribution in [0.4, 0.5) is 4.79 Å². The number of likely N-dealkylation sites (N-methyl/N-ethyl adjacent to an activating group) is 1. The van der Waals surface area contributed by atoms with Crippen LogP contribution in [0, 0.1) is 0 Å². The molecule has 2 amide bonds. The van der Waals surface area contributed by atoms with Crippen molar-refractivity contribution in [3.05, 3.63) is 28.9 Å². The normalized spacial score (nSPS) is 17.6. The number of rotatable bonds is 4. The summed E-state index contributed by atoms with van der Waals surface area (Å²) in [6.45, 7) is 1.74. The highest BCUT2D eigenvalue weighted by Crippen LogP contribution is 2.26. The zero-order chi connectivity index (χ0) is 16.4. The maximum absolute atomic E-state index is 12.2. The second-order valence-corrected chi connectivity index (χ2v) is 6.29. The summed E-state index contributed by atoms with van der Waals surface area (Å²) in [6, 6.07) is 5.56. The van der Waals surface area contributed by atoms with E-state index in [1.165, 1.54) is 0 Å². The maximum atomic E-state index is 12.2. The first-order chi connectivity index (χ1) is 11.1. The highest BCUT2D eigenvalue weighted by Gasteiger charge is 2.20. The third-order valence-corrected chi connectivity index (χ3v) is 4.47. The van der Waals surface area contributed by atoms with Crippen molar-refractivity contribution < 1.29 is 9.53 Å². The number of benzene rings is 1. The van der Waals surface area contributed by atoms with Crippen molar-refractivity contribution >= 4 is 28.5 Å². The van der Waals surface area contributed by atoms with Gasteiger partial charge in [-0.3, -0.25) is 4.68 Å². The molecule has 7 heteroatoms. The van der Waals surface area contributed by atoms with Gasteiger partial charge in [0.15, 0.2) is 0 Å². The summed E-state index contributed by atoms with van der Waals surface area (Å²) in [5, 5.41) is 8.90. The van der Waals surface area contributed by atoms with Gasteiger partial charge >= 0.3 is 6.03 Å². The van der Waals surface area contributed by atoms with Crippen molar-refractivity contribution in [2.45, 2.75) is 25.5 Å². The van der Waals surface area contributed by atoms with E-state index in [0.717, 1.165) is 36.0 Å². The monoisotopic (exact) mass is 336 g/mol. The number of urea groups is 1. The molecular weight excluding hydrogens is 316 g/mol. The highest BCUT2D eigenvalue weighted by atomic mass is 35.5. The molecule has 1 aliphatic heterocycles. The number of aromatic nitrogens is 2. The van der Waals surface area contributed by atoms with E-state index in [1.807, 2.05) is 25.2 Å². The smallest absolute Gasteiger partial charge is 0.317 e. The molecule has 1 saturated heterocycles. The summed E-state index contributed by atoms with van der Waals surface area (Å²) in [4.78, 5) is 13.9. The first-order valence-electron chi connectivity index (χ1n) is 7.77. The molecule has 0 spiro atoms. The van der Waals surface area contributed by atoms with Crippen LogP contribution >= 0.6 is 11.6 Å². The first-order valence-corrected chi connectivity index (χ1v) is 8.14. The molecule has 1 aromatic carbocycles. The quantitative estimate of drug-likeness (QED) is 0.933. The van der Waals surface area contributed by atoms with Gasteiger partial charge in [-0.1, -0.05) is 17.7 Å². The second kappa shape index (κ2) is 6.76. The van der Waals surface area contributed by atoms with Gasteiger partial charge in [-0.25, -0.2) is 4.79 Å². The topological polar surface area (TPSA) is 59.4 Å². The SMILES string of the molecule is CN(CC1CCCO1)C(=O)NCc1nn(C)c2cccc(Cl)c12. The van der Waals surface area contributed by atoms with Crippen molar-refractivity contribution in [2.75, 3.05) is 20.2 Å². The number of amides is 2. The van der Waals surface area contributed by atoms with Gasteiger partial charge in [-0.05, 0) is 25.0 Å². The fourth-order valence-corrected chi connectivity index (χ4v) is 3.23. The lowest BCUT2D eigenvalue weighted by atomic mass is 10.2. The molecule has 0 bridgehead atoms. The van der Waals surface area contributed by atoms with Crippen molar-refractivity contribution in [3.8, 4) is 0 Å². The number of aryl methyl sites for hydroxylation is 1. The molecule has 2 aromatic rings. The molecule has 23 heavy (non-hydrogen) atoms. The molecule has 1 atom stereocenters. The maximum Gasteiger partial charge on any atom is 0.317 e. The van der Waals surface area contributed by atoms with Crippen LogP contribution in [0.5, 0.6) is 0 Å². The summed E-state index contributed by atoms with van der Waals surface area (Å²) < 4.78 is 7.34. The molecule has 6 nitrogen and oxygen atoms in total. The Balaban J connectivity index is 1.65. The summed E-state index contributed by atoms with van der Waals surface area (Å²) in [5.41, 5.74) is 1.72. The summed E-state index contributed by atoms with van der Waals surface area (Å²) >= 11 is 6.27. The molecule has 0 saturated carbocycles. The van der Waals surface area contributed by atoms with Crippen molar-refractivity contribution in [3.63, 3.8) is 0 Å². The molecule has 0 radical (unpaired) electrons. The Kier molecular flexibility index (Phi) is 4.73. The molecule has 3 rings (SSSR count). The minimum Gasteiger partial charge on any atom is -0.376 e. The van der Waals surface area contributed by atoms with Crippen LogP contribution in [0.2, 0.25) is 5.02 Å². The second-order valence-electron chi connectivity index (χ2n) is 5.88. The molecule has 1 aromatic heterocycles. The van der Waals surface area contributed by atoms with Gasteiger partial charge in [0.05, 0.1) is 28.9 Å². The van der Waals surface area contributed by atoms with E-state index in [-0.39, 0.29) is 12.1 Å². The van der Waals surface area contributed by atoms with E-state index in [9.17, 15) is 4.79 Å². The van der Waals surface area contributed by atoms with Gasteiger partial charge < -0.3 is 15.0 Å². The average Bonchev–Trinajstić information content (AvgIpc) is 3.14. The first kappa shape index (κ1) is 16.1. The molecule has 124 valence electrons. The Morgan fingerprint density at radius 1 is 1.57 bits per heavy atom. The Labute approximate surface area is 140 Å². The van der Waals surface area contributed by atoms with E-state index in [2.05, 4.69) is 10.4 Å². The summed E-state index contributed by atoms with van der Waals surface area (Å²) in [7, 11) is 3.65. The number of hydrogen-bond donors (Lipinski definition) is 1. The lowest BCUT2D eigenvalue weighted by Gasteiger charge is -2.21. The zero-order valence-corrected chi connectivity index (χ0v) is 14.1. The minimum absolute atomic E-state index is 0.133. The van der Waals surface area contributed by atoms with Crippen LogP contribution < -0.4 is 5.32 Å². The lowest BCUT2D eigenvalue weighted by molar-refractivity contribution is 0.0874. The van der Waals surface area contributed by atoms with Crippen LogP contribution in [0.15, 0.2) is 18.2 Å². The van der Waals surface area contributed by atoms with Gasteiger partial charge in [-0.2, -0.15) is 5.10 Å². The Morgan fingerprint density at radius 3 is 3.13 bits per heavy atom. The number of nitrogens with one attached hydrogen (secondary N) is 1. The van der Waals surface area contributed by atoms with E-state index in [1.54, 1.807) is 16.6 Å². The van der Waals surface area contributed by atoms with Crippen LogP contribution in [0.1, 0.15) is 18.5 Å². The predicted octanol–water partition coefficient (Wildman–Crippen LogP) is 2.55. The molecule has 1 fully saturated rings. The molecular formula is C16H21ClN4O2. The molecule has 2 heterocycles. The highest BCUT2D eigenvalue weighted by molar-refractivity contribution is 6.35. The number of ether oxygens (including phenoxy) is 1. The number of hydrogen-bond acceptors (Lipinski definition) is 3. The van der Waals surface area contributed by atoms with Gasteiger partial charge in [0, 0.05) is 32.6 Å². The van der Waals surface area contributed by atoms with Gasteiger partial charge in [0.1, 0.15) is 0 Å². The number of halogens is 1. The van der Waals surface area contributed by atoms with E-state index in [4.69, 9.17) is 16.3 Å². The van der Waals surface area contributed by atoms with Gasteiger partial charge in [-0.15, -0.1) is 0 Å². The van der Waals surface area contributed by atoms with Crippen LogP contribution in [-0.2, 0) is 18.3 Å². The predicted molar refractivity (Wildman–Crippen MR) is 89.6 cm³/mol. The lowest BCUT2D eigenvalue weighted by Crippen LogP contribution is -2.40. The fraction of sp³-hybridized carbons (Fsp3) is 0.500.